The summed E-state index contributed by atoms with van der Waals surface area (Å²) in [7, 11) is 0. The smallest absolute Gasteiger partial charge is 0.291 e. The highest BCUT2D eigenvalue weighted by Gasteiger charge is 2.15. The lowest BCUT2D eigenvalue weighted by Crippen LogP contribution is -2.23. The molecule has 3 heterocycles. The van der Waals surface area contributed by atoms with Crippen LogP contribution in [0.1, 0.15) is 28.1 Å². The zero-order valence-corrected chi connectivity index (χ0v) is 24.7. The molecule has 8 heteroatoms. The number of aryl methyl sites for hydroxylation is 1. The first kappa shape index (κ1) is 27.2. The Hall–Kier alpha value is -5.60. The largest absolute Gasteiger partial charge is 0.489 e. The Balaban J connectivity index is 1.24. The second kappa shape index (κ2) is 11.9. The minimum Gasteiger partial charge on any atom is -0.489 e. The Bertz CT molecular complexity index is 2200. The van der Waals surface area contributed by atoms with E-state index in [4.69, 9.17) is 9.84 Å². The number of nitrogens with zero attached hydrogens (tertiary/aromatic N) is 5. The molecule has 7 aromatic rings. The van der Waals surface area contributed by atoms with Crippen LogP contribution in [0.2, 0.25) is 0 Å². The van der Waals surface area contributed by atoms with Gasteiger partial charge in [-0.25, -0.2) is 4.68 Å². The van der Waals surface area contributed by atoms with Crippen molar-refractivity contribution in [2.75, 3.05) is 0 Å². The third-order valence-corrected chi connectivity index (χ3v) is 8.12. The number of thiazole rings is 1. The van der Waals surface area contributed by atoms with Crippen LogP contribution >= 0.6 is 11.3 Å². The number of para-hydroxylation sites is 1. The summed E-state index contributed by atoms with van der Waals surface area (Å²) in [6, 6.07) is 36.0. The molecule has 0 aliphatic carbocycles. The van der Waals surface area contributed by atoms with E-state index in [1.165, 1.54) is 15.9 Å². The van der Waals surface area contributed by atoms with Crippen LogP contribution in [0.3, 0.4) is 0 Å². The van der Waals surface area contributed by atoms with E-state index in [1.54, 1.807) is 0 Å². The van der Waals surface area contributed by atoms with Crippen LogP contribution in [0, 0.1) is 6.92 Å². The van der Waals surface area contributed by atoms with Gasteiger partial charge in [-0.05, 0) is 66.1 Å². The van der Waals surface area contributed by atoms with Crippen LogP contribution in [-0.4, -0.2) is 24.4 Å². The van der Waals surface area contributed by atoms with Crippen LogP contribution in [-0.2, 0) is 6.61 Å². The number of aromatic nitrogens is 5. The van der Waals surface area contributed by atoms with Crippen molar-refractivity contribution in [1.82, 2.24) is 24.4 Å². The highest BCUT2D eigenvalue weighted by atomic mass is 32.1. The van der Waals surface area contributed by atoms with Gasteiger partial charge in [0.05, 0.1) is 10.2 Å². The Kier molecular flexibility index (Phi) is 7.40. The SMILES string of the molecule is Cc1cc(-c2nn(-c3ccccc3)cc2/C=c2\sc3nc(/C=C/c4ccccc4)nn3c2=O)ccc1OCc1ccccc1. The molecule has 0 amide bonds. The lowest BCUT2D eigenvalue weighted by Gasteiger charge is -2.10. The predicted octanol–water partition coefficient (Wildman–Crippen LogP) is 6.61. The average Bonchev–Trinajstić information content (AvgIpc) is 3.75. The van der Waals surface area contributed by atoms with Crippen LogP contribution in [0.25, 0.3) is 40.1 Å². The van der Waals surface area contributed by atoms with Crippen molar-refractivity contribution in [2.24, 2.45) is 0 Å². The summed E-state index contributed by atoms with van der Waals surface area (Å²) in [5.74, 6) is 1.31. The first-order valence-electron chi connectivity index (χ1n) is 14.2. The highest BCUT2D eigenvalue weighted by molar-refractivity contribution is 7.15. The Labute approximate surface area is 257 Å². The predicted molar refractivity (Wildman–Crippen MR) is 176 cm³/mol. The average molecular weight is 594 g/mol. The number of rotatable bonds is 8. The van der Waals surface area contributed by atoms with E-state index in [2.05, 4.69) is 16.1 Å². The van der Waals surface area contributed by atoms with E-state index in [0.717, 1.165) is 44.9 Å². The number of fused-ring (bicyclic) bond motifs is 1. The van der Waals surface area contributed by atoms with Crippen molar-refractivity contribution < 1.29 is 4.74 Å². The van der Waals surface area contributed by atoms with Gasteiger partial charge < -0.3 is 4.74 Å². The summed E-state index contributed by atoms with van der Waals surface area (Å²) < 4.78 is 9.85. The van der Waals surface area contributed by atoms with E-state index in [9.17, 15) is 4.79 Å². The van der Waals surface area contributed by atoms with Gasteiger partial charge in [-0.3, -0.25) is 4.79 Å². The van der Waals surface area contributed by atoms with Crippen LogP contribution in [0.4, 0.5) is 0 Å². The van der Waals surface area contributed by atoms with Crippen molar-refractivity contribution in [3.8, 4) is 22.7 Å². The molecule has 3 aromatic heterocycles. The number of ether oxygens (including phenoxy) is 1. The lowest BCUT2D eigenvalue weighted by molar-refractivity contribution is 0.304. The van der Waals surface area contributed by atoms with E-state index in [-0.39, 0.29) is 5.56 Å². The Morgan fingerprint density at radius 1 is 0.841 bits per heavy atom. The quantitative estimate of drug-likeness (QED) is 0.198. The monoisotopic (exact) mass is 593 g/mol. The van der Waals surface area contributed by atoms with Gasteiger partial charge in [0.25, 0.3) is 5.56 Å². The fourth-order valence-electron chi connectivity index (χ4n) is 4.92. The normalized spacial score (nSPS) is 12.0. The lowest BCUT2D eigenvalue weighted by atomic mass is 10.0. The van der Waals surface area contributed by atoms with Gasteiger partial charge in [-0.15, -0.1) is 5.10 Å². The summed E-state index contributed by atoms with van der Waals surface area (Å²) in [6.07, 6.45) is 7.57. The number of hydrogen-bond donors (Lipinski definition) is 0. The molecule has 4 aromatic carbocycles. The molecule has 0 spiro atoms. The van der Waals surface area contributed by atoms with Crippen molar-refractivity contribution >= 4 is 34.5 Å². The van der Waals surface area contributed by atoms with Crippen molar-refractivity contribution in [2.45, 2.75) is 13.5 Å². The minimum absolute atomic E-state index is 0.212. The van der Waals surface area contributed by atoms with Gasteiger partial charge in [0.2, 0.25) is 4.96 Å². The molecule has 0 fully saturated rings. The first-order chi connectivity index (χ1) is 21.6. The van der Waals surface area contributed by atoms with Crippen molar-refractivity contribution in [3.05, 3.63) is 158 Å². The molecule has 0 aliphatic heterocycles. The minimum atomic E-state index is -0.212. The maximum absolute atomic E-state index is 13.4. The van der Waals surface area contributed by atoms with E-state index in [1.807, 2.05) is 139 Å². The van der Waals surface area contributed by atoms with Gasteiger partial charge in [0.1, 0.15) is 18.1 Å². The summed E-state index contributed by atoms with van der Waals surface area (Å²) in [6.45, 7) is 2.52. The standard InChI is InChI=1S/C36H27N5O2S/c1-25-21-28(18-19-31(25)43-24-27-13-7-3-8-14-27)34-29(23-40(39-34)30-15-9-4-10-16-30)22-32-35(42)41-36(44-32)37-33(38-41)20-17-26-11-5-2-6-12-26/h2-23H,24H2,1H3/b20-17+,32-22-. The Morgan fingerprint density at radius 3 is 2.30 bits per heavy atom. The van der Waals surface area contributed by atoms with Gasteiger partial charge in [0, 0.05) is 17.3 Å². The number of hydrogen-bond acceptors (Lipinski definition) is 6. The molecule has 7 nitrogen and oxygen atoms in total. The third kappa shape index (κ3) is 5.71. The topological polar surface area (TPSA) is 74.3 Å². The maximum Gasteiger partial charge on any atom is 0.291 e. The zero-order chi connectivity index (χ0) is 29.9. The molecule has 0 aliphatic rings. The van der Waals surface area contributed by atoms with E-state index in [0.29, 0.717) is 21.9 Å². The highest BCUT2D eigenvalue weighted by Crippen LogP contribution is 2.29. The molecular formula is C36H27N5O2S. The molecule has 0 atom stereocenters. The van der Waals surface area contributed by atoms with Gasteiger partial charge >= 0.3 is 0 Å². The second-order valence-electron chi connectivity index (χ2n) is 10.3. The molecule has 0 N–H and O–H groups in total. The fourth-order valence-corrected chi connectivity index (χ4v) is 5.83. The zero-order valence-electron chi connectivity index (χ0n) is 23.9. The maximum atomic E-state index is 13.4. The summed E-state index contributed by atoms with van der Waals surface area (Å²) in [4.78, 5) is 18.5. The molecule has 0 saturated heterocycles. The number of benzene rings is 4. The molecular weight excluding hydrogens is 566 g/mol. The van der Waals surface area contributed by atoms with E-state index < -0.39 is 0 Å². The van der Waals surface area contributed by atoms with Crippen molar-refractivity contribution in [1.29, 1.82) is 0 Å². The molecule has 0 saturated carbocycles. The van der Waals surface area contributed by atoms with Crippen molar-refractivity contribution in [3.63, 3.8) is 0 Å². The van der Waals surface area contributed by atoms with Gasteiger partial charge in [0.15, 0.2) is 5.82 Å². The third-order valence-electron chi connectivity index (χ3n) is 7.16. The van der Waals surface area contributed by atoms with E-state index >= 15 is 0 Å². The molecule has 7 rings (SSSR count). The second-order valence-corrected chi connectivity index (χ2v) is 11.3. The summed E-state index contributed by atoms with van der Waals surface area (Å²) in [5.41, 5.74) is 6.36. The summed E-state index contributed by atoms with van der Waals surface area (Å²) in [5, 5.41) is 9.40. The molecule has 0 bridgehead atoms. The fraction of sp³-hybridized carbons (Fsp3) is 0.0556. The van der Waals surface area contributed by atoms with Gasteiger partial charge in [-0.1, -0.05) is 96.3 Å². The molecule has 0 unspecified atom stereocenters. The molecule has 214 valence electrons. The van der Waals surface area contributed by atoms with Crippen LogP contribution < -0.4 is 14.8 Å². The van der Waals surface area contributed by atoms with Gasteiger partial charge in [-0.2, -0.15) is 14.6 Å². The summed E-state index contributed by atoms with van der Waals surface area (Å²) >= 11 is 1.31. The van der Waals surface area contributed by atoms with Crippen LogP contribution in [0.15, 0.2) is 120 Å². The molecule has 0 radical (unpaired) electrons. The first-order valence-corrected chi connectivity index (χ1v) is 15.0. The Morgan fingerprint density at radius 2 is 1.57 bits per heavy atom. The van der Waals surface area contributed by atoms with Crippen LogP contribution in [0.5, 0.6) is 5.75 Å². The molecule has 44 heavy (non-hydrogen) atoms.